The fraction of sp³-hybridized carbons (Fsp3) is 0.250. The molecule has 9 nitrogen and oxygen atoms in total. The summed E-state index contributed by atoms with van der Waals surface area (Å²) in [6.07, 6.45) is 0.392. The van der Waals surface area contributed by atoms with Gasteiger partial charge >= 0.3 is 6.03 Å². The van der Waals surface area contributed by atoms with E-state index in [1.165, 1.54) is 54.4 Å². The van der Waals surface area contributed by atoms with Gasteiger partial charge in [0, 0.05) is 25.7 Å². The van der Waals surface area contributed by atoms with Crippen LogP contribution in [0.4, 0.5) is 20.6 Å². The van der Waals surface area contributed by atoms with E-state index in [4.69, 9.17) is 0 Å². The van der Waals surface area contributed by atoms with Gasteiger partial charge < -0.3 is 10.2 Å². The van der Waals surface area contributed by atoms with Crippen LogP contribution in [0.5, 0.6) is 0 Å². The van der Waals surface area contributed by atoms with Crippen molar-refractivity contribution in [3.63, 3.8) is 0 Å². The van der Waals surface area contributed by atoms with Crippen LogP contribution in [0.1, 0.15) is 12.8 Å². The van der Waals surface area contributed by atoms with Gasteiger partial charge in [-0.1, -0.05) is 6.07 Å². The van der Waals surface area contributed by atoms with Gasteiger partial charge in [0.1, 0.15) is 12.4 Å². The summed E-state index contributed by atoms with van der Waals surface area (Å²) in [6, 6.07) is 10.2. The fourth-order valence-corrected chi connectivity index (χ4v) is 4.04. The van der Waals surface area contributed by atoms with E-state index in [0.29, 0.717) is 12.1 Å². The molecule has 0 unspecified atom stereocenters. The van der Waals surface area contributed by atoms with E-state index in [0.717, 1.165) is 11.0 Å². The van der Waals surface area contributed by atoms with Crippen molar-refractivity contribution in [1.29, 1.82) is 0 Å². The standard InChI is InChI=1S/C20H21FN4O5S/c1-24-13-19(27)25(20(24)28)11-3-6-18(26)22-15-7-9-17(10-8-15)31(29,30)23-16-5-2-4-14(21)12-16/h2,4-5,7-10,12,23H,3,6,11,13H2,1H3,(H,22,26). The van der Waals surface area contributed by atoms with E-state index in [-0.39, 0.29) is 47.9 Å². The quantitative estimate of drug-likeness (QED) is 0.601. The molecule has 0 aliphatic carbocycles. The first-order valence-corrected chi connectivity index (χ1v) is 10.9. The molecule has 0 spiro atoms. The van der Waals surface area contributed by atoms with Gasteiger partial charge in [-0.3, -0.25) is 19.2 Å². The number of hydrogen-bond donors (Lipinski definition) is 2. The number of carbonyl (C=O) groups excluding carboxylic acids is 3. The first-order chi connectivity index (χ1) is 14.7. The summed E-state index contributed by atoms with van der Waals surface area (Å²) in [4.78, 5) is 37.9. The van der Waals surface area contributed by atoms with Crippen molar-refractivity contribution in [1.82, 2.24) is 9.80 Å². The fourth-order valence-electron chi connectivity index (χ4n) is 2.99. The van der Waals surface area contributed by atoms with E-state index >= 15 is 0 Å². The van der Waals surface area contributed by atoms with Gasteiger partial charge in [-0.05, 0) is 48.9 Å². The minimum atomic E-state index is -3.92. The third kappa shape index (κ3) is 5.57. The van der Waals surface area contributed by atoms with Crippen LogP contribution in [-0.2, 0) is 19.6 Å². The summed E-state index contributed by atoms with van der Waals surface area (Å²) in [5.41, 5.74) is 0.487. The van der Waals surface area contributed by atoms with Gasteiger partial charge in [0.2, 0.25) is 11.8 Å². The molecule has 0 aromatic heterocycles. The second kappa shape index (κ2) is 9.13. The second-order valence-electron chi connectivity index (χ2n) is 6.98. The van der Waals surface area contributed by atoms with E-state index < -0.39 is 15.8 Å². The molecule has 0 bridgehead atoms. The van der Waals surface area contributed by atoms with Crippen LogP contribution >= 0.6 is 0 Å². The number of amides is 4. The van der Waals surface area contributed by atoms with E-state index in [9.17, 15) is 27.2 Å². The highest BCUT2D eigenvalue weighted by Crippen LogP contribution is 2.19. The Morgan fingerprint density at radius 1 is 1.10 bits per heavy atom. The van der Waals surface area contributed by atoms with Crippen molar-refractivity contribution in [2.75, 3.05) is 30.2 Å². The zero-order chi connectivity index (χ0) is 22.6. The van der Waals surface area contributed by atoms with E-state index in [1.54, 1.807) is 0 Å². The minimum Gasteiger partial charge on any atom is -0.326 e. The molecular weight excluding hydrogens is 427 g/mol. The zero-order valence-corrected chi connectivity index (χ0v) is 17.5. The van der Waals surface area contributed by atoms with Crippen molar-refractivity contribution in [2.45, 2.75) is 17.7 Å². The molecule has 1 fully saturated rings. The highest BCUT2D eigenvalue weighted by molar-refractivity contribution is 7.92. The molecule has 1 heterocycles. The third-order valence-corrected chi connectivity index (χ3v) is 5.94. The average Bonchev–Trinajstić information content (AvgIpc) is 2.94. The SMILES string of the molecule is CN1CC(=O)N(CCCC(=O)Nc2ccc(S(=O)(=O)Nc3cccc(F)c3)cc2)C1=O. The van der Waals surface area contributed by atoms with Gasteiger partial charge in [0.15, 0.2) is 0 Å². The van der Waals surface area contributed by atoms with Gasteiger partial charge in [-0.15, -0.1) is 0 Å². The Balaban J connectivity index is 1.52. The first-order valence-electron chi connectivity index (χ1n) is 9.39. The summed E-state index contributed by atoms with van der Waals surface area (Å²) in [7, 11) is -2.38. The number of halogens is 1. The monoisotopic (exact) mass is 448 g/mol. The normalized spacial score (nSPS) is 14.1. The molecule has 1 aliphatic rings. The number of carbonyl (C=O) groups is 3. The van der Waals surface area contributed by atoms with Crippen LogP contribution in [0.25, 0.3) is 0 Å². The molecule has 11 heteroatoms. The highest BCUT2D eigenvalue weighted by Gasteiger charge is 2.32. The van der Waals surface area contributed by atoms with E-state index in [2.05, 4.69) is 10.0 Å². The highest BCUT2D eigenvalue weighted by atomic mass is 32.2. The topological polar surface area (TPSA) is 116 Å². The molecule has 0 atom stereocenters. The van der Waals surface area contributed by atoms with Crippen LogP contribution in [-0.4, -0.2) is 56.2 Å². The van der Waals surface area contributed by atoms with Crippen molar-refractivity contribution in [3.05, 3.63) is 54.3 Å². The Hall–Kier alpha value is -3.47. The number of nitrogens with one attached hydrogen (secondary N) is 2. The molecule has 1 aliphatic heterocycles. The van der Waals surface area contributed by atoms with Crippen LogP contribution < -0.4 is 10.0 Å². The van der Waals surface area contributed by atoms with Crippen molar-refractivity contribution in [3.8, 4) is 0 Å². The zero-order valence-electron chi connectivity index (χ0n) is 16.7. The molecule has 1 saturated heterocycles. The molecule has 2 aromatic carbocycles. The number of anilines is 2. The number of hydrogen-bond acceptors (Lipinski definition) is 5. The Morgan fingerprint density at radius 2 is 1.81 bits per heavy atom. The molecule has 2 N–H and O–H groups in total. The van der Waals surface area contributed by atoms with Crippen molar-refractivity contribution in [2.24, 2.45) is 0 Å². The number of rotatable bonds is 8. The summed E-state index contributed by atoms with van der Waals surface area (Å²) in [5.74, 6) is -1.19. The number of likely N-dealkylation sites (N-methyl/N-ethyl adjacent to an activating group) is 1. The average molecular weight is 448 g/mol. The summed E-state index contributed by atoms with van der Waals surface area (Å²) < 4.78 is 40.3. The number of nitrogens with zero attached hydrogens (tertiary/aromatic N) is 2. The largest absolute Gasteiger partial charge is 0.326 e. The Bertz CT molecular complexity index is 1100. The molecular formula is C20H21FN4O5S. The maximum atomic E-state index is 13.2. The summed E-state index contributed by atoms with van der Waals surface area (Å²) in [6.45, 7) is 0.187. The van der Waals surface area contributed by atoms with Gasteiger partial charge in [-0.25, -0.2) is 17.6 Å². The van der Waals surface area contributed by atoms with Crippen LogP contribution in [0.15, 0.2) is 53.4 Å². The molecule has 3 rings (SSSR count). The lowest BCUT2D eigenvalue weighted by atomic mass is 10.2. The number of imide groups is 1. The predicted molar refractivity (Wildman–Crippen MR) is 111 cm³/mol. The van der Waals surface area contributed by atoms with Crippen LogP contribution in [0.3, 0.4) is 0 Å². The minimum absolute atomic E-state index is 0.0361. The Labute approximate surface area is 178 Å². The summed E-state index contributed by atoms with van der Waals surface area (Å²) >= 11 is 0. The lowest BCUT2D eigenvalue weighted by molar-refractivity contribution is -0.125. The lowest BCUT2D eigenvalue weighted by Crippen LogP contribution is -2.32. The number of sulfonamides is 1. The maximum absolute atomic E-state index is 13.2. The van der Waals surface area contributed by atoms with Gasteiger partial charge in [0.25, 0.3) is 10.0 Å². The van der Waals surface area contributed by atoms with Crippen molar-refractivity contribution >= 4 is 39.2 Å². The Morgan fingerprint density at radius 3 is 2.42 bits per heavy atom. The third-order valence-electron chi connectivity index (χ3n) is 4.54. The van der Waals surface area contributed by atoms with Gasteiger partial charge in [-0.2, -0.15) is 0 Å². The lowest BCUT2D eigenvalue weighted by Gasteiger charge is -2.13. The molecule has 2 aromatic rings. The molecule has 4 amide bonds. The maximum Gasteiger partial charge on any atom is 0.326 e. The van der Waals surface area contributed by atoms with Crippen LogP contribution in [0.2, 0.25) is 0 Å². The number of benzene rings is 2. The first kappa shape index (κ1) is 22.2. The smallest absolute Gasteiger partial charge is 0.326 e. The van der Waals surface area contributed by atoms with E-state index in [1.807, 2.05) is 0 Å². The van der Waals surface area contributed by atoms with Crippen molar-refractivity contribution < 1.29 is 27.2 Å². The summed E-state index contributed by atoms with van der Waals surface area (Å²) in [5, 5.41) is 2.63. The predicted octanol–water partition coefficient (Wildman–Crippen LogP) is 2.24. The number of urea groups is 1. The molecule has 0 radical (unpaired) electrons. The molecule has 164 valence electrons. The van der Waals surface area contributed by atoms with Gasteiger partial charge in [0.05, 0.1) is 10.6 Å². The second-order valence-corrected chi connectivity index (χ2v) is 8.66. The molecule has 0 saturated carbocycles. The molecule has 31 heavy (non-hydrogen) atoms. The Kier molecular flexibility index (Phi) is 6.54. The van der Waals surface area contributed by atoms with Crippen LogP contribution in [0, 0.1) is 5.82 Å².